The van der Waals surface area contributed by atoms with Gasteiger partial charge < -0.3 is 14.6 Å². The van der Waals surface area contributed by atoms with Crippen LogP contribution in [0.5, 0.6) is 0 Å². The molecule has 1 rings (SSSR count). The molecule has 0 saturated carbocycles. The molecule has 19 heavy (non-hydrogen) atoms. The molecule has 1 aromatic heterocycles. The van der Waals surface area contributed by atoms with E-state index in [1.807, 2.05) is 6.07 Å². The molecular weight excluding hydrogens is 244 g/mol. The van der Waals surface area contributed by atoms with Crippen LogP contribution in [-0.4, -0.2) is 29.8 Å². The van der Waals surface area contributed by atoms with Crippen molar-refractivity contribution in [2.45, 2.75) is 39.7 Å². The number of hydrogen-bond donors (Lipinski definition) is 1. The Morgan fingerprint density at radius 2 is 2.16 bits per heavy atom. The Morgan fingerprint density at radius 1 is 1.37 bits per heavy atom. The molecule has 5 heteroatoms. The number of nitrogens with one attached hydrogen (secondary N) is 1. The van der Waals surface area contributed by atoms with Crippen molar-refractivity contribution < 1.29 is 14.0 Å². The number of amides is 2. The van der Waals surface area contributed by atoms with Gasteiger partial charge in [0.15, 0.2) is 0 Å². The van der Waals surface area contributed by atoms with E-state index in [-0.39, 0.29) is 11.8 Å². The number of carbonyl (C=O) groups excluding carboxylic acids is 2. The third-order valence-electron chi connectivity index (χ3n) is 2.88. The van der Waals surface area contributed by atoms with Crippen LogP contribution < -0.4 is 5.32 Å². The molecular formula is C14H22N2O3. The van der Waals surface area contributed by atoms with Gasteiger partial charge in [0, 0.05) is 26.4 Å². The van der Waals surface area contributed by atoms with Crippen molar-refractivity contribution in [2.75, 3.05) is 13.1 Å². The van der Waals surface area contributed by atoms with Crippen molar-refractivity contribution in [3.8, 4) is 0 Å². The smallest absolute Gasteiger partial charge is 0.222 e. The van der Waals surface area contributed by atoms with Crippen molar-refractivity contribution in [1.82, 2.24) is 10.2 Å². The second-order valence-electron chi connectivity index (χ2n) is 4.47. The predicted molar refractivity (Wildman–Crippen MR) is 72.3 cm³/mol. The van der Waals surface area contributed by atoms with E-state index in [0.717, 1.165) is 25.1 Å². The van der Waals surface area contributed by atoms with E-state index in [4.69, 9.17) is 4.42 Å². The van der Waals surface area contributed by atoms with E-state index in [9.17, 15) is 9.59 Å². The lowest BCUT2D eigenvalue weighted by Gasteiger charge is -2.20. The molecule has 0 unspecified atom stereocenters. The molecule has 0 atom stereocenters. The first-order chi connectivity index (χ1) is 9.13. The standard InChI is InChI=1S/C14H22N2O3/c1-3-4-8-16(12(2)17)9-7-14(18)15-11-13-6-5-10-19-13/h5-6,10H,3-4,7-9,11H2,1-2H3,(H,15,18). The fourth-order valence-electron chi connectivity index (χ4n) is 1.70. The van der Waals surface area contributed by atoms with Crippen molar-refractivity contribution in [3.05, 3.63) is 24.2 Å². The maximum absolute atomic E-state index is 11.6. The lowest BCUT2D eigenvalue weighted by molar-refractivity contribution is -0.129. The van der Waals surface area contributed by atoms with Gasteiger partial charge in [-0.3, -0.25) is 9.59 Å². The molecule has 1 N–H and O–H groups in total. The first-order valence-electron chi connectivity index (χ1n) is 6.68. The molecule has 0 fully saturated rings. The number of nitrogens with zero attached hydrogens (tertiary/aromatic N) is 1. The Kier molecular flexibility index (Phi) is 6.71. The van der Waals surface area contributed by atoms with Crippen LogP contribution in [0.1, 0.15) is 38.9 Å². The summed E-state index contributed by atoms with van der Waals surface area (Å²) in [5, 5.41) is 2.76. The highest BCUT2D eigenvalue weighted by molar-refractivity contribution is 5.77. The summed E-state index contributed by atoms with van der Waals surface area (Å²) >= 11 is 0. The summed E-state index contributed by atoms with van der Waals surface area (Å²) in [5.41, 5.74) is 0. The van der Waals surface area contributed by atoms with Crippen LogP contribution in [0, 0.1) is 0 Å². The Hall–Kier alpha value is -1.78. The van der Waals surface area contributed by atoms with Gasteiger partial charge in [0.1, 0.15) is 5.76 Å². The van der Waals surface area contributed by atoms with Crippen LogP contribution in [0.2, 0.25) is 0 Å². The minimum atomic E-state index is -0.0702. The van der Waals surface area contributed by atoms with E-state index in [1.54, 1.807) is 17.2 Å². The van der Waals surface area contributed by atoms with E-state index >= 15 is 0 Å². The van der Waals surface area contributed by atoms with E-state index < -0.39 is 0 Å². The number of unbranched alkanes of at least 4 members (excludes halogenated alkanes) is 1. The number of carbonyl (C=O) groups is 2. The number of furan rings is 1. The highest BCUT2D eigenvalue weighted by Crippen LogP contribution is 2.00. The molecule has 1 aromatic rings. The minimum absolute atomic E-state index is 0.0206. The van der Waals surface area contributed by atoms with Gasteiger partial charge in [-0.05, 0) is 18.6 Å². The third kappa shape index (κ3) is 6.08. The van der Waals surface area contributed by atoms with Crippen molar-refractivity contribution in [1.29, 1.82) is 0 Å². The molecule has 0 bridgehead atoms. The van der Waals surface area contributed by atoms with Gasteiger partial charge in [0.2, 0.25) is 11.8 Å². The lowest BCUT2D eigenvalue weighted by Crippen LogP contribution is -2.34. The highest BCUT2D eigenvalue weighted by atomic mass is 16.3. The van der Waals surface area contributed by atoms with Crippen LogP contribution in [0.3, 0.4) is 0 Å². The second kappa shape index (κ2) is 8.34. The normalized spacial score (nSPS) is 10.2. The summed E-state index contributed by atoms with van der Waals surface area (Å²) in [6.07, 6.45) is 3.90. The molecule has 106 valence electrons. The van der Waals surface area contributed by atoms with Crippen LogP contribution in [-0.2, 0) is 16.1 Å². The SMILES string of the molecule is CCCCN(CCC(=O)NCc1ccco1)C(C)=O. The molecule has 1 heterocycles. The van der Waals surface area contributed by atoms with Crippen molar-refractivity contribution in [3.63, 3.8) is 0 Å². The molecule has 0 aromatic carbocycles. The van der Waals surface area contributed by atoms with Crippen LogP contribution in [0.4, 0.5) is 0 Å². The molecule has 0 radical (unpaired) electrons. The van der Waals surface area contributed by atoms with Gasteiger partial charge in [-0.15, -0.1) is 0 Å². The number of rotatable bonds is 8. The molecule has 2 amide bonds. The summed E-state index contributed by atoms with van der Waals surface area (Å²) in [4.78, 5) is 24.8. The zero-order chi connectivity index (χ0) is 14.1. The van der Waals surface area contributed by atoms with E-state index in [1.165, 1.54) is 6.92 Å². The Morgan fingerprint density at radius 3 is 2.74 bits per heavy atom. The second-order valence-corrected chi connectivity index (χ2v) is 4.47. The molecule has 0 aliphatic heterocycles. The summed E-state index contributed by atoms with van der Waals surface area (Å²) in [7, 11) is 0. The molecule has 0 saturated heterocycles. The van der Waals surface area contributed by atoms with Gasteiger partial charge in [0.25, 0.3) is 0 Å². The fraction of sp³-hybridized carbons (Fsp3) is 0.571. The molecule has 0 aliphatic rings. The van der Waals surface area contributed by atoms with Crippen LogP contribution in [0.15, 0.2) is 22.8 Å². The zero-order valence-electron chi connectivity index (χ0n) is 11.6. The summed E-state index contributed by atoms with van der Waals surface area (Å²) in [6.45, 7) is 5.20. The average Bonchev–Trinajstić information content (AvgIpc) is 2.89. The van der Waals surface area contributed by atoms with Crippen molar-refractivity contribution in [2.24, 2.45) is 0 Å². The summed E-state index contributed by atoms with van der Waals surface area (Å²) in [5.74, 6) is 0.675. The van der Waals surface area contributed by atoms with E-state index in [2.05, 4.69) is 12.2 Å². The van der Waals surface area contributed by atoms with Crippen LogP contribution in [0.25, 0.3) is 0 Å². The first-order valence-corrected chi connectivity index (χ1v) is 6.68. The van der Waals surface area contributed by atoms with Crippen molar-refractivity contribution >= 4 is 11.8 Å². The third-order valence-corrected chi connectivity index (χ3v) is 2.88. The number of hydrogen-bond acceptors (Lipinski definition) is 3. The minimum Gasteiger partial charge on any atom is -0.467 e. The Balaban J connectivity index is 2.25. The predicted octanol–water partition coefficient (Wildman–Crippen LogP) is 1.93. The molecule has 0 spiro atoms. The average molecular weight is 266 g/mol. The van der Waals surface area contributed by atoms with Gasteiger partial charge in [0.05, 0.1) is 12.8 Å². The summed E-state index contributed by atoms with van der Waals surface area (Å²) in [6, 6.07) is 3.59. The lowest BCUT2D eigenvalue weighted by atomic mass is 10.3. The van der Waals surface area contributed by atoms with Crippen LogP contribution >= 0.6 is 0 Å². The topological polar surface area (TPSA) is 62.6 Å². The first kappa shape index (κ1) is 15.3. The zero-order valence-corrected chi connectivity index (χ0v) is 11.6. The fourth-order valence-corrected chi connectivity index (χ4v) is 1.70. The maximum Gasteiger partial charge on any atom is 0.222 e. The Bertz CT molecular complexity index is 387. The quantitative estimate of drug-likeness (QED) is 0.782. The van der Waals surface area contributed by atoms with Gasteiger partial charge in [-0.25, -0.2) is 0 Å². The van der Waals surface area contributed by atoms with E-state index in [0.29, 0.717) is 19.5 Å². The summed E-state index contributed by atoms with van der Waals surface area (Å²) < 4.78 is 5.12. The largest absolute Gasteiger partial charge is 0.467 e. The molecule has 0 aliphatic carbocycles. The highest BCUT2D eigenvalue weighted by Gasteiger charge is 2.10. The van der Waals surface area contributed by atoms with Gasteiger partial charge >= 0.3 is 0 Å². The van der Waals surface area contributed by atoms with Gasteiger partial charge in [-0.2, -0.15) is 0 Å². The Labute approximate surface area is 114 Å². The monoisotopic (exact) mass is 266 g/mol. The van der Waals surface area contributed by atoms with Gasteiger partial charge in [-0.1, -0.05) is 13.3 Å². The maximum atomic E-state index is 11.6. The molecule has 5 nitrogen and oxygen atoms in total.